The number of nitrogens with zero attached hydrogens (tertiary/aromatic N) is 1. The zero-order valence-electron chi connectivity index (χ0n) is 7.20. The highest BCUT2D eigenvalue weighted by molar-refractivity contribution is 6.33. The van der Waals surface area contributed by atoms with Crippen molar-refractivity contribution in [2.75, 3.05) is 7.11 Å². The lowest BCUT2D eigenvalue weighted by atomic mass is 10.2. The van der Waals surface area contributed by atoms with Crippen molar-refractivity contribution in [2.24, 2.45) is 0 Å². The van der Waals surface area contributed by atoms with E-state index in [0.717, 1.165) is 5.56 Å². The number of ether oxygens (including phenoxy) is 1. The maximum Gasteiger partial charge on any atom is 0.329 e. The summed E-state index contributed by atoms with van der Waals surface area (Å²) >= 11 is 5.69. The van der Waals surface area contributed by atoms with E-state index in [2.05, 4.69) is 0 Å². The monoisotopic (exact) mass is 201 g/mol. The number of aryl methyl sites for hydroxylation is 1. The van der Waals surface area contributed by atoms with Crippen LogP contribution >= 0.6 is 11.6 Å². The number of hydrogen-bond acceptors (Lipinski definition) is 3. The van der Waals surface area contributed by atoms with Crippen LogP contribution < -0.4 is 4.74 Å². The molecule has 0 fully saturated rings. The minimum atomic E-state index is -0.555. The highest BCUT2D eigenvalue weighted by Crippen LogP contribution is 2.35. The molecule has 0 unspecified atom stereocenters. The molecule has 0 radical (unpaired) electrons. The first kappa shape index (κ1) is 9.80. The van der Waals surface area contributed by atoms with E-state index in [9.17, 15) is 10.1 Å². The van der Waals surface area contributed by atoms with Crippen molar-refractivity contribution in [2.45, 2.75) is 6.92 Å². The van der Waals surface area contributed by atoms with Gasteiger partial charge in [-0.1, -0.05) is 11.6 Å². The third-order valence-electron chi connectivity index (χ3n) is 1.58. The molecule has 13 heavy (non-hydrogen) atoms. The van der Waals surface area contributed by atoms with Gasteiger partial charge in [0.2, 0.25) is 0 Å². The van der Waals surface area contributed by atoms with E-state index < -0.39 is 4.92 Å². The molecule has 0 heterocycles. The van der Waals surface area contributed by atoms with Crippen molar-refractivity contribution in [3.63, 3.8) is 0 Å². The van der Waals surface area contributed by atoms with Crippen LogP contribution in [0, 0.1) is 17.0 Å². The second-order valence-corrected chi connectivity index (χ2v) is 2.96. The second-order valence-electron chi connectivity index (χ2n) is 2.55. The predicted molar refractivity (Wildman–Crippen MR) is 49.4 cm³/mol. The highest BCUT2D eigenvalue weighted by atomic mass is 35.5. The Bertz CT molecular complexity index is 351. The van der Waals surface area contributed by atoms with E-state index in [-0.39, 0.29) is 16.5 Å². The molecule has 0 saturated heterocycles. The number of hydrogen-bond donors (Lipinski definition) is 0. The van der Waals surface area contributed by atoms with Gasteiger partial charge in [0, 0.05) is 0 Å². The number of benzene rings is 1. The summed E-state index contributed by atoms with van der Waals surface area (Å²) in [6, 6.07) is 3.10. The fourth-order valence-electron chi connectivity index (χ4n) is 1.04. The van der Waals surface area contributed by atoms with Crippen LogP contribution in [-0.2, 0) is 0 Å². The molecule has 4 nitrogen and oxygen atoms in total. The number of nitro groups is 1. The first-order valence-corrected chi connectivity index (χ1v) is 3.92. The lowest BCUT2D eigenvalue weighted by Gasteiger charge is -2.03. The number of rotatable bonds is 2. The zero-order chi connectivity index (χ0) is 10.0. The van der Waals surface area contributed by atoms with Crippen molar-refractivity contribution < 1.29 is 9.66 Å². The van der Waals surface area contributed by atoms with Crippen LogP contribution in [0.1, 0.15) is 5.56 Å². The lowest BCUT2D eigenvalue weighted by Crippen LogP contribution is -1.95. The molecule has 1 aromatic carbocycles. The van der Waals surface area contributed by atoms with Crippen LogP contribution in [0.5, 0.6) is 5.75 Å². The van der Waals surface area contributed by atoms with Gasteiger partial charge in [-0.05, 0) is 24.6 Å². The Hall–Kier alpha value is -1.29. The summed E-state index contributed by atoms with van der Waals surface area (Å²) in [5.41, 5.74) is 0.641. The third kappa shape index (κ3) is 1.89. The molecule has 0 N–H and O–H groups in total. The molecule has 70 valence electrons. The summed E-state index contributed by atoms with van der Waals surface area (Å²) in [7, 11) is 1.37. The predicted octanol–water partition coefficient (Wildman–Crippen LogP) is 2.57. The molecule has 0 aliphatic carbocycles. The molecule has 0 saturated carbocycles. The summed E-state index contributed by atoms with van der Waals surface area (Å²) in [6.07, 6.45) is 0. The fourth-order valence-corrected chi connectivity index (χ4v) is 1.37. The van der Waals surface area contributed by atoms with Gasteiger partial charge in [-0.25, -0.2) is 0 Å². The molecule has 5 heteroatoms. The van der Waals surface area contributed by atoms with E-state index in [0.29, 0.717) is 0 Å². The van der Waals surface area contributed by atoms with Gasteiger partial charge in [-0.15, -0.1) is 0 Å². The van der Waals surface area contributed by atoms with Crippen molar-refractivity contribution in [1.29, 1.82) is 0 Å². The first-order valence-electron chi connectivity index (χ1n) is 3.54. The molecular formula is C8H8ClNO3. The average Bonchev–Trinajstić information content (AvgIpc) is 2.01. The maximum absolute atomic E-state index is 10.6. The molecule has 0 bridgehead atoms. The van der Waals surface area contributed by atoms with Crippen molar-refractivity contribution in [1.82, 2.24) is 0 Å². The highest BCUT2D eigenvalue weighted by Gasteiger charge is 2.19. The standard InChI is InChI=1S/C8H8ClNO3/c1-5-3-6(9)8(10(11)12)7(4-5)13-2/h3-4H,1-2H3. The Kier molecular flexibility index (Phi) is 2.72. The Labute approximate surface area is 80.2 Å². The minimum Gasteiger partial charge on any atom is -0.490 e. The van der Waals surface area contributed by atoms with Gasteiger partial charge in [0.15, 0.2) is 5.75 Å². The first-order chi connectivity index (χ1) is 6.06. The van der Waals surface area contributed by atoms with Crippen molar-refractivity contribution in [3.05, 3.63) is 32.8 Å². The van der Waals surface area contributed by atoms with Crippen LogP contribution in [0.25, 0.3) is 0 Å². The number of nitro benzene ring substituents is 1. The molecule has 1 rings (SSSR count). The van der Waals surface area contributed by atoms with E-state index in [1.54, 1.807) is 13.0 Å². The Morgan fingerprint density at radius 1 is 1.54 bits per heavy atom. The summed E-state index contributed by atoms with van der Waals surface area (Å²) in [4.78, 5) is 10.00. The van der Waals surface area contributed by atoms with Crippen LogP contribution in [0.3, 0.4) is 0 Å². The lowest BCUT2D eigenvalue weighted by molar-refractivity contribution is -0.385. The third-order valence-corrected chi connectivity index (χ3v) is 1.86. The summed E-state index contributed by atoms with van der Waals surface area (Å²) in [5, 5.41) is 10.7. The van der Waals surface area contributed by atoms with Crippen molar-refractivity contribution >= 4 is 17.3 Å². The molecular weight excluding hydrogens is 194 g/mol. The molecule has 0 aliphatic rings. The Morgan fingerprint density at radius 2 is 2.15 bits per heavy atom. The maximum atomic E-state index is 10.6. The Morgan fingerprint density at radius 3 is 2.62 bits per heavy atom. The largest absolute Gasteiger partial charge is 0.490 e. The molecule has 0 aliphatic heterocycles. The van der Waals surface area contributed by atoms with Crippen LogP contribution in [-0.4, -0.2) is 12.0 Å². The van der Waals surface area contributed by atoms with Gasteiger partial charge in [0.25, 0.3) is 0 Å². The summed E-state index contributed by atoms with van der Waals surface area (Å²) < 4.78 is 4.84. The van der Waals surface area contributed by atoms with Gasteiger partial charge in [-0.2, -0.15) is 0 Å². The van der Waals surface area contributed by atoms with Gasteiger partial charge < -0.3 is 4.74 Å². The normalized spacial score (nSPS) is 9.77. The van der Waals surface area contributed by atoms with Crippen LogP contribution in [0.2, 0.25) is 5.02 Å². The van der Waals surface area contributed by atoms with Gasteiger partial charge in [0.05, 0.1) is 12.0 Å². The molecule has 0 aromatic heterocycles. The van der Waals surface area contributed by atoms with Crippen molar-refractivity contribution in [3.8, 4) is 5.75 Å². The second kappa shape index (κ2) is 3.62. The fraction of sp³-hybridized carbons (Fsp3) is 0.250. The number of methoxy groups -OCH3 is 1. The molecule has 0 spiro atoms. The topological polar surface area (TPSA) is 52.4 Å². The van der Waals surface area contributed by atoms with E-state index >= 15 is 0 Å². The summed E-state index contributed by atoms with van der Waals surface area (Å²) in [6.45, 7) is 1.79. The van der Waals surface area contributed by atoms with Gasteiger partial charge in [0.1, 0.15) is 5.02 Å². The molecule has 0 amide bonds. The van der Waals surface area contributed by atoms with Gasteiger partial charge >= 0.3 is 5.69 Å². The van der Waals surface area contributed by atoms with Crippen LogP contribution in [0.15, 0.2) is 12.1 Å². The average molecular weight is 202 g/mol. The quantitative estimate of drug-likeness (QED) is 0.546. The molecule has 1 aromatic rings. The SMILES string of the molecule is COc1cc(C)cc(Cl)c1[N+](=O)[O-]. The van der Waals surface area contributed by atoms with Gasteiger partial charge in [-0.3, -0.25) is 10.1 Å². The van der Waals surface area contributed by atoms with E-state index in [1.807, 2.05) is 0 Å². The molecule has 0 atom stereocenters. The number of halogens is 1. The van der Waals surface area contributed by atoms with Crippen LogP contribution in [0.4, 0.5) is 5.69 Å². The minimum absolute atomic E-state index is 0.0989. The van der Waals surface area contributed by atoms with E-state index in [4.69, 9.17) is 16.3 Å². The smallest absolute Gasteiger partial charge is 0.329 e. The summed E-state index contributed by atoms with van der Waals surface area (Å²) in [5.74, 6) is 0.190. The Balaban J connectivity index is 3.38. The zero-order valence-corrected chi connectivity index (χ0v) is 7.96. The van der Waals surface area contributed by atoms with E-state index in [1.165, 1.54) is 13.2 Å².